The van der Waals surface area contributed by atoms with E-state index in [1.807, 2.05) is 0 Å². The van der Waals surface area contributed by atoms with Crippen molar-refractivity contribution in [3.05, 3.63) is 70.9 Å². The number of nitrogens with zero attached hydrogens (tertiary/aromatic N) is 2. The minimum atomic E-state index is -4.81. The predicted octanol–water partition coefficient (Wildman–Crippen LogP) is 6.28. The van der Waals surface area contributed by atoms with Crippen molar-refractivity contribution < 1.29 is 31.8 Å². The van der Waals surface area contributed by atoms with E-state index in [9.17, 15) is 31.8 Å². The first-order valence-electron chi connectivity index (χ1n) is 10.4. The van der Waals surface area contributed by atoms with Gasteiger partial charge in [0.2, 0.25) is 0 Å². The average molecular weight is 557 g/mol. The number of benzene rings is 2. The number of hydrogen-bond donors (Lipinski definition) is 2. The second-order valence-electron chi connectivity index (χ2n) is 8.62. The van der Waals surface area contributed by atoms with Crippen LogP contribution in [0, 0.1) is 0 Å². The standard InChI is InChI=1S/C24H20ClF3N2O4S2/c1-23(2,32)22-19(25)20(30(29-22)16-9-5-8-15(21(16)31)24(26,27)28)18-11-10-17(35-18)13-6-4-7-14(12-13)36(3,33)34/h4-12,31-32H,1-3H3. The van der Waals surface area contributed by atoms with Crippen molar-refractivity contribution in [3.63, 3.8) is 0 Å². The van der Waals surface area contributed by atoms with Gasteiger partial charge in [-0.15, -0.1) is 11.3 Å². The maximum absolute atomic E-state index is 13.5. The van der Waals surface area contributed by atoms with E-state index in [0.29, 0.717) is 15.3 Å². The smallest absolute Gasteiger partial charge is 0.420 e. The molecule has 2 aromatic heterocycles. The lowest BCUT2D eigenvalue weighted by Gasteiger charge is -2.15. The minimum Gasteiger partial charge on any atom is -0.505 e. The molecule has 0 radical (unpaired) electrons. The first kappa shape index (κ1) is 26.2. The quantitative estimate of drug-likeness (QED) is 0.302. The van der Waals surface area contributed by atoms with E-state index >= 15 is 0 Å². The Bertz CT molecular complexity index is 1570. The highest BCUT2D eigenvalue weighted by atomic mass is 35.5. The van der Waals surface area contributed by atoms with Crippen molar-refractivity contribution >= 4 is 32.8 Å². The summed E-state index contributed by atoms with van der Waals surface area (Å²) in [4.78, 5) is 1.27. The second-order valence-corrected chi connectivity index (χ2v) is 12.1. The van der Waals surface area contributed by atoms with Crippen molar-refractivity contribution in [2.75, 3.05) is 6.26 Å². The molecule has 0 aliphatic rings. The number of phenolic OH excluding ortho intramolecular Hbond substituents is 1. The van der Waals surface area contributed by atoms with Gasteiger partial charge in [-0.05, 0) is 55.8 Å². The molecule has 0 saturated heterocycles. The third-order valence-electron chi connectivity index (χ3n) is 5.34. The number of alkyl halides is 3. The summed E-state index contributed by atoms with van der Waals surface area (Å²) in [5.74, 6) is -1.04. The summed E-state index contributed by atoms with van der Waals surface area (Å²) in [6.07, 6.45) is -3.71. The zero-order chi connectivity index (χ0) is 26.6. The molecule has 190 valence electrons. The molecule has 0 spiro atoms. The molecule has 2 N–H and O–H groups in total. The van der Waals surface area contributed by atoms with Gasteiger partial charge in [-0.25, -0.2) is 13.1 Å². The van der Waals surface area contributed by atoms with Crippen molar-refractivity contribution in [2.24, 2.45) is 0 Å². The Kier molecular flexibility index (Phi) is 6.49. The van der Waals surface area contributed by atoms with Crippen LogP contribution in [0.4, 0.5) is 13.2 Å². The lowest BCUT2D eigenvalue weighted by Crippen LogP contribution is -2.17. The van der Waals surface area contributed by atoms with Crippen LogP contribution in [0.25, 0.3) is 26.7 Å². The average Bonchev–Trinajstić information content (AvgIpc) is 3.37. The van der Waals surface area contributed by atoms with Gasteiger partial charge in [0, 0.05) is 11.1 Å². The second kappa shape index (κ2) is 8.91. The highest BCUT2D eigenvalue weighted by Gasteiger charge is 2.36. The largest absolute Gasteiger partial charge is 0.505 e. The molecule has 0 atom stereocenters. The van der Waals surface area contributed by atoms with Crippen LogP contribution >= 0.6 is 22.9 Å². The molecule has 2 heterocycles. The summed E-state index contributed by atoms with van der Waals surface area (Å²) in [6.45, 7) is 2.86. The Morgan fingerprint density at radius 1 is 1.03 bits per heavy atom. The zero-order valence-corrected chi connectivity index (χ0v) is 21.5. The molecule has 12 heteroatoms. The monoisotopic (exact) mass is 556 g/mol. The van der Waals surface area contributed by atoms with Gasteiger partial charge in [0.05, 0.1) is 20.4 Å². The SMILES string of the molecule is CC(C)(O)c1nn(-c2cccc(C(F)(F)F)c2O)c(-c2ccc(-c3cccc(S(C)(=O)=O)c3)s2)c1Cl. The summed E-state index contributed by atoms with van der Waals surface area (Å²) in [5, 5.41) is 25.4. The Labute approximate surface area is 214 Å². The van der Waals surface area contributed by atoms with Crippen LogP contribution in [0.2, 0.25) is 5.02 Å². The number of hydrogen-bond acceptors (Lipinski definition) is 6. The molecular weight excluding hydrogens is 537 g/mol. The molecule has 0 saturated carbocycles. The van der Waals surface area contributed by atoms with E-state index in [2.05, 4.69) is 5.10 Å². The molecule has 0 fully saturated rings. The number of sulfone groups is 1. The molecule has 6 nitrogen and oxygen atoms in total. The lowest BCUT2D eigenvalue weighted by molar-refractivity contribution is -0.138. The molecule has 0 amide bonds. The van der Waals surface area contributed by atoms with Crippen molar-refractivity contribution in [3.8, 4) is 32.4 Å². The molecule has 2 aromatic carbocycles. The summed E-state index contributed by atoms with van der Waals surface area (Å²) in [6, 6.07) is 12.8. The van der Waals surface area contributed by atoms with E-state index in [4.69, 9.17) is 11.6 Å². The van der Waals surface area contributed by atoms with Crippen molar-refractivity contribution in [1.29, 1.82) is 0 Å². The first-order valence-corrected chi connectivity index (χ1v) is 13.5. The molecular formula is C24H20ClF3N2O4S2. The minimum absolute atomic E-state index is 0.00222. The Hall–Kier alpha value is -2.86. The zero-order valence-electron chi connectivity index (χ0n) is 19.1. The number of para-hydroxylation sites is 1. The van der Waals surface area contributed by atoms with E-state index in [0.717, 1.165) is 23.1 Å². The fraction of sp³-hybridized carbons (Fsp3) is 0.208. The van der Waals surface area contributed by atoms with Crippen LogP contribution < -0.4 is 0 Å². The molecule has 4 rings (SSSR count). The molecule has 0 aliphatic carbocycles. The topological polar surface area (TPSA) is 92.4 Å². The number of halogens is 4. The maximum Gasteiger partial charge on any atom is 0.420 e. The van der Waals surface area contributed by atoms with Gasteiger partial charge in [0.1, 0.15) is 22.7 Å². The van der Waals surface area contributed by atoms with Gasteiger partial charge < -0.3 is 10.2 Å². The number of aromatic hydroxyl groups is 1. The van der Waals surface area contributed by atoms with Crippen LogP contribution in [0.3, 0.4) is 0 Å². The number of thiophene rings is 1. The summed E-state index contributed by atoms with van der Waals surface area (Å²) in [7, 11) is -3.44. The first-order chi connectivity index (χ1) is 16.6. The fourth-order valence-corrected chi connectivity index (χ4v) is 5.82. The van der Waals surface area contributed by atoms with Gasteiger partial charge in [-0.1, -0.05) is 29.8 Å². The Balaban J connectivity index is 1.93. The molecule has 0 aliphatic heterocycles. The fourth-order valence-electron chi connectivity index (χ4n) is 3.61. The Morgan fingerprint density at radius 3 is 2.28 bits per heavy atom. The summed E-state index contributed by atoms with van der Waals surface area (Å²) >= 11 is 7.80. The number of aliphatic hydroxyl groups is 1. The molecule has 0 unspecified atom stereocenters. The summed E-state index contributed by atoms with van der Waals surface area (Å²) in [5.41, 5.74) is -2.28. The van der Waals surface area contributed by atoms with Gasteiger partial charge >= 0.3 is 6.18 Å². The van der Waals surface area contributed by atoms with Crippen molar-refractivity contribution in [1.82, 2.24) is 9.78 Å². The van der Waals surface area contributed by atoms with E-state index in [1.165, 1.54) is 43.4 Å². The van der Waals surface area contributed by atoms with Crippen LogP contribution in [0.15, 0.2) is 59.5 Å². The molecule has 4 aromatic rings. The highest BCUT2D eigenvalue weighted by molar-refractivity contribution is 7.90. The van der Waals surface area contributed by atoms with Crippen LogP contribution in [0.5, 0.6) is 5.75 Å². The molecule has 36 heavy (non-hydrogen) atoms. The lowest BCUT2D eigenvalue weighted by atomic mass is 10.1. The van der Waals surface area contributed by atoms with Gasteiger partial charge in [-0.3, -0.25) is 0 Å². The Morgan fingerprint density at radius 2 is 1.67 bits per heavy atom. The van der Waals surface area contributed by atoms with Gasteiger partial charge in [-0.2, -0.15) is 18.3 Å². The van der Waals surface area contributed by atoms with E-state index in [-0.39, 0.29) is 27.0 Å². The third-order valence-corrected chi connectivity index (χ3v) is 7.95. The number of phenols is 1. The van der Waals surface area contributed by atoms with Crippen LogP contribution in [-0.4, -0.2) is 34.7 Å². The molecule has 0 bridgehead atoms. The van der Waals surface area contributed by atoms with Gasteiger partial charge in [0.15, 0.2) is 15.6 Å². The normalized spacial score (nSPS) is 12.8. The van der Waals surface area contributed by atoms with Gasteiger partial charge in [0.25, 0.3) is 0 Å². The summed E-state index contributed by atoms with van der Waals surface area (Å²) < 4.78 is 65.4. The third kappa shape index (κ3) is 4.88. The van der Waals surface area contributed by atoms with E-state index in [1.54, 1.807) is 24.3 Å². The van der Waals surface area contributed by atoms with Crippen molar-refractivity contribution in [2.45, 2.75) is 30.5 Å². The predicted molar refractivity (Wildman–Crippen MR) is 132 cm³/mol. The van der Waals surface area contributed by atoms with E-state index < -0.39 is 32.9 Å². The number of rotatable bonds is 5. The van der Waals surface area contributed by atoms with Crippen LogP contribution in [-0.2, 0) is 21.6 Å². The van der Waals surface area contributed by atoms with Crippen LogP contribution in [0.1, 0.15) is 25.1 Å². The highest BCUT2D eigenvalue weighted by Crippen LogP contribution is 2.45. The maximum atomic E-state index is 13.5. The number of aromatic nitrogens is 2.